The molecule has 1 amide bonds. The molecule has 0 saturated heterocycles. The van der Waals surface area contributed by atoms with Gasteiger partial charge in [0, 0.05) is 6.07 Å². The summed E-state index contributed by atoms with van der Waals surface area (Å²) in [5.41, 5.74) is 1.27. The van der Waals surface area contributed by atoms with Crippen LogP contribution in [-0.2, 0) is 14.6 Å². The summed E-state index contributed by atoms with van der Waals surface area (Å²) < 4.78 is 32.6. The van der Waals surface area contributed by atoms with Gasteiger partial charge in [-0.25, -0.2) is 13.4 Å². The zero-order chi connectivity index (χ0) is 22.2. The highest BCUT2D eigenvalue weighted by Gasteiger charge is 2.22. The molecule has 0 aliphatic heterocycles. The molecule has 2 heterocycles. The molecule has 0 unspecified atom stereocenters. The van der Waals surface area contributed by atoms with E-state index in [4.69, 9.17) is 16.3 Å². The Morgan fingerprint density at radius 3 is 2.65 bits per heavy atom. The van der Waals surface area contributed by atoms with Gasteiger partial charge in [0.05, 0.1) is 27.4 Å². The van der Waals surface area contributed by atoms with Gasteiger partial charge in [-0.1, -0.05) is 29.0 Å². The van der Waals surface area contributed by atoms with Gasteiger partial charge in [-0.2, -0.15) is 9.78 Å². The molecular formula is C20H17ClN4O4S2. The molecule has 0 spiro atoms. The lowest BCUT2D eigenvalue weighted by molar-refractivity contribution is -0.113. The number of hydrogen-bond acceptors (Lipinski definition) is 7. The number of rotatable bonds is 6. The van der Waals surface area contributed by atoms with Crippen molar-refractivity contribution < 1.29 is 17.9 Å². The van der Waals surface area contributed by atoms with Crippen LogP contribution in [-0.4, -0.2) is 42.0 Å². The van der Waals surface area contributed by atoms with Crippen LogP contribution in [0.1, 0.15) is 5.69 Å². The molecule has 1 N–H and O–H groups in total. The summed E-state index contributed by atoms with van der Waals surface area (Å²) in [5, 5.41) is 8.02. The number of carbonyl (C=O) groups excluding carboxylic acids is 1. The van der Waals surface area contributed by atoms with Crippen molar-refractivity contribution in [2.45, 2.75) is 11.8 Å². The van der Waals surface area contributed by atoms with Crippen molar-refractivity contribution >= 4 is 54.7 Å². The van der Waals surface area contributed by atoms with Crippen molar-refractivity contribution in [1.29, 1.82) is 0 Å². The van der Waals surface area contributed by atoms with Gasteiger partial charge in [-0.15, -0.1) is 0 Å². The maximum Gasteiger partial charge on any atom is 0.241 e. The zero-order valence-electron chi connectivity index (χ0n) is 16.5. The maximum atomic E-state index is 12.6. The normalized spacial score (nSPS) is 11.6. The van der Waals surface area contributed by atoms with E-state index in [9.17, 15) is 13.2 Å². The number of hydrogen-bond donors (Lipinski definition) is 1. The maximum absolute atomic E-state index is 12.6. The SMILES string of the molecule is COc1ccc(S(=O)(=O)CC(=O)Nc2cc(C)nn2-c2nc3c(Cl)cccc3s2)cc1. The summed E-state index contributed by atoms with van der Waals surface area (Å²) in [4.78, 5) is 17.1. The highest BCUT2D eigenvalue weighted by atomic mass is 35.5. The number of thiazole rings is 1. The second kappa shape index (κ2) is 8.29. The summed E-state index contributed by atoms with van der Waals surface area (Å²) in [5.74, 6) is -0.549. The Hall–Kier alpha value is -2.95. The number of methoxy groups -OCH3 is 1. The van der Waals surface area contributed by atoms with E-state index in [1.165, 1.54) is 47.4 Å². The second-order valence-corrected chi connectivity index (χ2v) is 10.1. The van der Waals surface area contributed by atoms with E-state index in [-0.39, 0.29) is 4.90 Å². The topological polar surface area (TPSA) is 103 Å². The fraction of sp³-hybridized carbons (Fsp3) is 0.150. The summed E-state index contributed by atoms with van der Waals surface area (Å²) >= 11 is 7.56. The third kappa shape index (κ3) is 4.41. The smallest absolute Gasteiger partial charge is 0.241 e. The minimum absolute atomic E-state index is 0.0361. The van der Waals surface area contributed by atoms with E-state index in [2.05, 4.69) is 15.4 Å². The molecule has 0 bridgehead atoms. The predicted octanol–water partition coefficient (Wildman–Crippen LogP) is 3.86. The molecular weight excluding hydrogens is 460 g/mol. The van der Waals surface area contributed by atoms with Crippen LogP contribution in [0.15, 0.2) is 53.4 Å². The van der Waals surface area contributed by atoms with E-state index in [1.54, 1.807) is 19.1 Å². The lowest BCUT2D eigenvalue weighted by atomic mass is 10.3. The molecule has 0 aliphatic rings. The monoisotopic (exact) mass is 476 g/mol. The number of aromatic nitrogens is 3. The molecule has 0 fully saturated rings. The number of fused-ring (bicyclic) bond motifs is 1. The average molecular weight is 477 g/mol. The summed E-state index contributed by atoms with van der Waals surface area (Å²) in [6, 6.07) is 13.0. The van der Waals surface area contributed by atoms with Crippen LogP contribution in [0.5, 0.6) is 5.75 Å². The second-order valence-electron chi connectivity index (χ2n) is 6.65. The quantitative estimate of drug-likeness (QED) is 0.453. The van der Waals surface area contributed by atoms with Gasteiger partial charge < -0.3 is 10.1 Å². The van der Waals surface area contributed by atoms with Crippen LogP contribution >= 0.6 is 22.9 Å². The number of aryl methyl sites for hydroxylation is 1. The van der Waals surface area contributed by atoms with Crippen molar-refractivity contribution in [3.63, 3.8) is 0 Å². The first-order valence-corrected chi connectivity index (χ1v) is 11.9. The Kier molecular flexibility index (Phi) is 5.69. The van der Waals surface area contributed by atoms with Crippen molar-refractivity contribution in [3.05, 3.63) is 59.2 Å². The molecule has 0 saturated carbocycles. The van der Waals surface area contributed by atoms with Gasteiger partial charge in [-0.05, 0) is 43.3 Å². The number of para-hydroxylation sites is 1. The Morgan fingerprint density at radius 1 is 1.23 bits per heavy atom. The number of nitrogens with one attached hydrogen (secondary N) is 1. The molecule has 2 aromatic heterocycles. The van der Waals surface area contributed by atoms with Crippen molar-refractivity contribution in [2.24, 2.45) is 0 Å². The zero-order valence-corrected chi connectivity index (χ0v) is 18.9. The predicted molar refractivity (Wildman–Crippen MR) is 120 cm³/mol. The molecule has 0 atom stereocenters. The molecule has 0 aliphatic carbocycles. The summed E-state index contributed by atoms with van der Waals surface area (Å²) in [6.07, 6.45) is 0. The summed E-state index contributed by atoms with van der Waals surface area (Å²) in [7, 11) is -2.34. The molecule has 4 rings (SSSR count). The molecule has 0 radical (unpaired) electrons. The first-order valence-electron chi connectivity index (χ1n) is 9.05. The number of benzene rings is 2. The number of sulfone groups is 1. The molecule has 8 nitrogen and oxygen atoms in total. The number of halogens is 1. The standard InChI is InChI=1S/C20H17ClN4O4S2/c1-12-10-17(25(24-12)20-23-19-15(21)4-3-5-16(19)30-20)22-18(26)11-31(27,28)14-8-6-13(29-2)7-9-14/h3-10H,11H2,1-2H3,(H,22,26). The highest BCUT2D eigenvalue weighted by molar-refractivity contribution is 7.92. The Morgan fingerprint density at radius 2 is 1.97 bits per heavy atom. The van der Waals surface area contributed by atoms with Gasteiger partial charge >= 0.3 is 0 Å². The third-order valence-corrected chi connectivity index (χ3v) is 7.31. The Balaban J connectivity index is 1.58. The fourth-order valence-electron chi connectivity index (χ4n) is 2.95. The fourth-order valence-corrected chi connectivity index (χ4v) is 5.31. The number of nitrogens with zero attached hydrogens (tertiary/aromatic N) is 3. The Labute approximate surface area is 187 Å². The van der Waals surface area contributed by atoms with Gasteiger partial charge in [0.2, 0.25) is 11.0 Å². The van der Waals surface area contributed by atoms with Crippen molar-refractivity contribution in [2.75, 3.05) is 18.2 Å². The van der Waals surface area contributed by atoms with Crippen LogP contribution < -0.4 is 10.1 Å². The van der Waals surface area contributed by atoms with Crippen LogP contribution in [0.2, 0.25) is 5.02 Å². The minimum atomic E-state index is -3.83. The molecule has 4 aromatic rings. The molecule has 2 aromatic carbocycles. The summed E-state index contributed by atoms with van der Waals surface area (Å²) in [6.45, 7) is 1.76. The molecule has 160 valence electrons. The number of amides is 1. The van der Waals surface area contributed by atoms with Crippen LogP contribution in [0.3, 0.4) is 0 Å². The van der Waals surface area contributed by atoms with Crippen molar-refractivity contribution in [3.8, 4) is 10.9 Å². The third-order valence-electron chi connectivity index (χ3n) is 4.38. The van der Waals surface area contributed by atoms with Gasteiger partial charge in [0.15, 0.2) is 9.84 Å². The largest absolute Gasteiger partial charge is 0.497 e. The van der Waals surface area contributed by atoms with E-state index >= 15 is 0 Å². The van der Waals surface area contributed by atoms with Gasteiger partial charge in [0.25, 0.3) is 0 Å². The van der Waals surface area contributed by atoms with Crippen molar-refractivity contribution in [1.82, 2.24) is 14.8 Å². The first kappa shape index (κ1) is 21.3. The van der Waals surface area contributed by atoms with E-state index < -0.39 is 21.5 Å². The minimum Gasteiger partial charge on any atom is -0.497 e. The lowest BCUT2D eigenvalue weighted by Crippen LogP contribution is -2.24. The van der Waals surface area contributed by atoms with Gasteiger partial charge in [-0.3, -0.25) is 4.79 Å². The lowest BCUT2D eigenvalue weighted by Gasteiger charge is -2.08. The molecule has 11 heteroatoms. The van der Waals surface area contributed by atoms with Crippen LogP contribution in [0, 0.1) is 6.92 Å². The highest BCUT2D eigenvalue weighted by Crippen LogP contribution is 2.31. The van der Waals surface area contributed by atoms with Crippen LogP contribution in [0.4, 0.5) is 5.82 Å². The average Bonchev–Trinajstić information content (AvgIpc) is 3.31. The van der Waals surface area contributed by atoms with Gasteiger partial charge in [0.1, 0.15) is 22.8 Å². The van der Waals surface area contributed by atoms with Crippen LogP contribution in [0.25, 0.3) is 15.3 Å². The first-order chi connectivity index (χ1) is 14.8. The van der Waals surface area contributed by atoms with E-state index in [0.29, 0.717) is 32.9 Å². The van der Waals surface area contributed by atoms with E-state index in [0.717, 1.165) is 4.70 Å². The molecule has 31 heavy (non-hydrogen) atoms. The number of anilines is 1. The Bertz CT molecular complexity index is 1380. The van der Waals surface area contributed by atoms with E-state index in [1.807, 2.05) is 12.1 Å². The number of ether oxygens (including phenoxy) is 1. The number of carbonyl (C=O) groups is 1.